The molecule has 0 fully saturated rings. The van der Waals surface area contributed by atoms with Crippen molar-refractivity contribution < 1.29 is 0 Å². The van der Waals surface area contributed by atoms with Gasteiger partial charge < -0.3 is 0 Å². The summed E-state index contributed by atoms with van der Waals surface area (Å²) in [7, 11) is 0. The van der Waals surface area contributed by atoms with Crippen LogP contribution in [0.5, 0.6) is 0 Å². The highest BCUT2D eigenvalue weighted by Gasteiger charge is 1.84. The summed E-state index contributed by atoms with van der Waals surface area (Å²) in [4.78, 5) is 0. The molecule has 0 bridgehead atoms. The van der Waals surface area contributed by atoms with Crippen LogP contribution in [0.15, 0.2) is 35.4 Å². The monoisotopic (exact) mass is 168 g/mol. The van der Waals surface area contributed by atoms with Gasteiger partial charge in [-0.1, -0.05) is 29.8 Å². The Labute approximate surface area is 70.9 Å². The van der Waals surface area contributed by atoms with E-state index in [0.29, 0.717) is 5.17 Å². The summed E-state index contributed by atoms with van der Waals surface area (Å²) in [6.45, 7) is 1.72. The van der Waals surface area contributed by atoms with Crippen LogP contribution in [0, 0.1) is 0 Å². The minimum absolute atomic E-state index is 0.494. The lowest BCUT2D eigenvalue weighted by atomic mass is 10.3. The Balaban J connectivity index is 2.59. The van der Waals surface area contributed by atoms with Gasteiger partial charge in [-0.15, -0.1) is 0 Å². The first kappa shape index (κ1) is 8.08. The molecule has 2 nitrogen and oxygen atoms in total. The molecule has 0 saturated heterocycles. The molecule has 1 aromatic carbocycles. The Hall–Kier alpha value is -1.02. The van der Waals surface area contributed by atoms with Crippen molar-refractivity contribution in [3.63, 3.8) is 0 Å². The summed E-state index contributed by atoms with van der Waals surface area (Å²) in [5.74, 6) is 0. The SMILES string of the molecule is CC(Cl)=NNc1ccccc1. The molecule has 0 unspecified atom stereocenters. The number of halogens is 1. The maximum absolute atomic E-state index is 5.52. The van der Waals surface area contributed by atoms with Crippen LogP contribution >= 0.6 is 11.6 Å². The lowest BCUT2D eigenvalue weighted by Gasteiger charge is -1.97. The summed E-state index contributed by atoms with van der Waals surface area (Å²) in [6.07, 6.45) is 0. The highest BCUT2D eigenvalue weighted by Crippen LogP contribution is 2.04. The van der Waals surface area contributed by atoms with E-state index in [1.807, 2.05) is 30.3 Å². The molecule has 1 N–H and O–H groups in total. The van der Waals surface area contributed by atoms with Gasteiger partial charge in [-0.05, 0) is 19.1 Å². The Kier molecular flexibility index (Phi) is 2.93. The van der Waals surface area contributed by atoms with E-state index in [2.05, 4.69) is 10.5 Å². The summed E-state index contributed by atoms with van der Waals surface area (Å²) < 4.78 is 0. The second-order valence-corrected chi connectivity index (χ2v) is 2.63. The molecule has 1 aromatic rings. The van der Waals surface area contributed by atoms with Gasteiger partial charge in [-0.2, -0.15) is 5.10 Å². The third-order valence-electron chi connectivity index (χ3n) is 1.11. The number of benzene rings is 1. The van der Waals surface area contributed by atoms with Crippen LogP contribution in [0.3, 0.4) is 0 Å². The van der Waals surface area contributed by atoms with Crippen LogP contribution < -0.4 is 5.43 Å². The van der Waals surface area contributed by atoms with Crippen molar-refractivity contribution in [2.75, 3.05) is 5.43 Å². The smallest absolute Gasteiger partial charge is 0.123 e. The first-order valence-electron chi connectivity index (χ1n) is 3.30. The second-order valence-electron chi connectivity index (χ2n) is 2.09. The van der Waals surface area contributed by atoms with Crippen LogP contribution in [0.25, 0.3) is 0 Å². The molecular weight excluding hydrogens is 160 g/mol. The molecular formula is C8H9ClN2. The largest absolute Gasteiger partial charge is 0.277 e. The molecule has 0 saturated carbocycles. The third kappa shape index (κ3) is 3.05. The second kappa shape index (κ2) is 3.98. The molecule has 0 aliphatic carbocycles. The fourth-order valence-electron chi connectivity index (χ4n) is 0.654. The average molecular weight is 169 g/mol. The molecule has 0 aromatic heterocycles. The van der Waals surface area contributed by atoms with Crippen molar-refractivity contribution in [2.45, 2.75) is 6.92 Å². The fourth-order valence-corrected chi connectivity index (χ4v) is 0.697. The molecule has 3 heteroatoms. The number of hydrazone groups is 1. The topological polar surface area (TPSA) is 24.4 Å². The standard InChI is InChI=1S/C8H9ClN2/c1-7(9)10-11-8-5-3-2-4-6-8/h2-6,11H,1H3. The summed E-state index contributed by atoms with van der Waals surface area (Å²) in [5.41, 5.74) is 3.74. The van der Waals surface area contributed by atoms with E-state index in [4.69, 9.17) is 11.6 Å². The zero-order valence-electron chi connectivity index (χ0n) is 6.21. The Bertz CT molecular complexity index is 240. The van der Waals surface area contributed by atoms with Crippen molar-refractivity contribution in [3.8, 4) is 0 Å². The Morgan fingerprint density at radius 1 is 1.36 bits per heavy atom. The van der Waals surface area contributed by atoms with Crippen LogP contribution in [0.4, 0.5) is 5.69 Å². The van der Waals surface area contributed by atoms with Crippen LogP contribution in [0.2, 0.25) is 0 Å². The van der Waals surface area contributed by atoms with E-state index < -0.39 is 0 Å². The number of nitrogens with zero attached hydrogens (tertiary/aromatic N) is 1. The van der Waals surface area contributed by atoms with Gasteiger partial charge >= 0.3 is 0 Å². The molecule has 0 spiro atoms. The number of nitrogens with one attached hydrogen (secondary N) is 1. The summed E-state index contributed by atoms with van der Waals surface area (Å²) in [5, 5.41) is 4.32. The van der Waals surface area contributed by atoms with Crippen molar-refractivity contribution >= 4 is 22.5 Å². The molecule has 0 radical (unpaired) electrons. The van der Waals surface area contributed by atoms with Gasteiger partial charge in [0.1, 0.15) is 5.17 Å². The van der Waals surface area contributed by atoms with Crippen molar-refractivity contribution in [2.24, 2.45) is 5.10 Å². The van der Waals surface area contributed by atoms with Gasteiger partial charge in [-0.3, -0.25) is 5.43 Å². The van der Waals surface area contributed by atoms with Gasteiger partial charge in [0.15, 0.2) is 0 Å². The van der Waals surface area contributed by atoms with Crippen molar-refractivity contribution in [3.05, 3.63) is 30.3 Å². The summed E-state index contributed by atoms with van der Waals surface area (Å²) in [6, 6.07) is 9.65. The number of anilines is 1. The van der Waals surface area contributed by atoms with Gasteiger partial charge in [0.05, 0.1) is 5.69 Å². The predicted molar refractivity (Wildman–Crippen MR) is 49.0 cm³/mol. The van der Waals surface area contributed by atoms with E-state index in [0.717, 1.165) is 5.69 Å². The molecule has 0 heterocycles. The highest BCUT2D eigenvalue weighted by molar-refractivity contribution is 6.64. The van der Waals surface area contributed by atoms with Crippen molar-refractivity contribution in [1.82, 2.24) is 0 Å². The van der Waals surface area contributed by atoms with Gasteiger partial charge in [-0.25, -0.2) is 0 Å². The lowest BCUT2D eigenvalue weighted by Crippen LogP contribution is -1.89. The van der Waals surface area contributed by atoms with Crippen LogP contribution in [-0.4, -0.2) is 5.17 Å². The van der Waals surface area contributed by atoms with Crippen LogP contribution in [0.1, 0.15) is 6.92 Å². The third-order valence-corrected chi connectivity index (χ3v) is 1.20. The minimum atomic E-state index is 0.494. The molecule has 11 heavy (non-hydrogen) atoms. The fraction of sp³-hybridized carbons (Fsp3) is 0.125. The molecule has 0 aliphatic heterocycles. The Morgan fingerprint density at radius 2 is 2.00 bits per heavy atom. The van der Waals surface area contributed by atoms with E-state index >= 15 is 0 Å². The van der Waals surface area contributed by atoms with E-state index in [1.54, 1.807) is 6.92 Å². The molecule has 1 rings (SSSR count). The van der Waals surface area contributed by atoms with Gasteiger partial charge in [0, 0.05) is 0 Å². The van der Waals surface area contributed by atoms with Crippen molar-refractivity contribution in [1.29, 1.82) is 0 Å². The number of rotatable bonds is 2. The number of para-hydroxylation sites is 1. The normalized spacial score (nSPS) is 11.3. The zero-order chi connectivity index (χ0) is 8.10. The van der Waals surface area contributed by atoms with Crippen LogP contribution in [-0.2, 0) is 0 Å². The predicted octanol–water partition coefficient (Wildman–Crippen LogP) is 2.67. The summed E-state index contributed by atoms with van der Waals surface area (Å²) >= 11 is 5.52. The zero-order valence-corrected chi connectivity index (χ0v) is 6.97. The molecule has 0 aliphatic rings. The quantitative estimate of drug-likeness (QED) is 0.533. The molecule has 0 atom stereocenters. The lowest BCUT2D eigenvalue weighted by molar-refractivity contribution is 1.34. The molecule has 58 valence electrons. The van der Waals surface area contributed by atoms with E-state index in [9.17, 15) is 0 Å². The maximum atomic E-state index is 5.52. The number of hydrogen-bond acceptors (Lipinski definition) is 2. The maximum Gasteiger partial charge on any atom is 0.123 e. The van der Waals surface area contributed by atoms with E-state index in [1.165, 1.54) is 0 Å². The minimum Gasteiger partial charge on any atom is -0.277 e. The average Bonchev–Trinajstić information content (AvgIpc) is 2.03. The van der Waals surface area contributed by atoms with Gasteiger partial charge in [0.25, 0.3) is 0 Å². The first-order valence-corrected chi connectivity index (χ1v) is 3.67. The first-order chi connectivity index (χ1) is 5.29. The highest BCUT2D eigenvalue weighted by atomic mass is 35.5. The van der Waals surface area contributed by atoms with E-state index in [-0.39, 0.29) is 0 Å². The number of hydrogen-bond donors (Lipinski definition) is 1. The van der Waals surface area contributed by atoms with Gasteiger partial charge in [0.2, 0.25) is 0 Å². The molecule has 0 amide bonds. The Morgan fingerprint density at radius 3 is 2.55 bits per heavy atom.